The quantitative estimate of drug-likeness (QED) is 0.743. The van der Waals surface area contributed by atoms with Gasteiger partial charge in [0.1, 0.15) is 4.60 Å². The summed E-state index contributed by atoms with van der Waals surface area (Å²) in [5, 5.41) is 7.56. The summed E-state index contributed by atoms with van der Waals surface area (Å²) in [6.07, 6.45) is 5.46. The van der Waals surface area contributed by atoms with Crippen molar-refractivity contribution in [2.75, 3.05) is 5.32 Å². The zero-order valence-corrected chi connectivity index (χ0v) is 12.3. The van der Waals surface area contributed by atoms with Crippen molar-refractivity contribution in [1.29, 1.82) is 0 Å². The van der Waals surface area contributed by atoms with Gasteiger partial charge in [-0.1, -0.05) is 12.1 Å². The summed E-state index contributed by atoms with van der Waals surface area (Å²) in [6, 6.07) is 14.1. The van der Waals surface area contributed by atoms with Crippen LogP contribution in [0.4, 0.5) is 5.69 Å². The van der Waals surface area contributed by atoms with E-state index in [9.17, 15) is 0 Å². The van der Waals surface area contributed by atoms with Crippen LogP contribution in [0.3, 0.4) is 0 Å². The summed E-state index contributed by atoms with van der Waals surface area (Å²) in [7, 11) is 0. The summed E-state index contributed by atoms with van der Waals surface area (Å²) in [5.41, 5.74) is 3.25. The van der Waals surface area contributed by atoms with E-state index in [0.29, 0.717) is 0 Å². The van der Waals surface area contributed by atoms with Gasteiger partial charge in [0.2, 0.25) is 0 Å². The Balaban J connectivity index is 1.68. The van der Waals surface area contributed by atoms with Crippen molar-refractivity contribution in [3.05, 3.63) is 71.2 Å². The number of halogens is 1. The minimum atomic E-state index is 0.754. The van der Waals surface area contributed by atoms with Crippen molar-refractivity contribution in [3.63, 3.8) is 0 Å². The molecular formula is C15H13BrN4. The molecule has 3 rings (SSSR count). The van der Waals surface area contributed by atoms with Crippen LogP contribution >= 0.6 is 15.9 Å². The summed E-state index contributed by atoms with van der Waals surface area (Å²) >= 11 is 3.42. The highest BCUT2D eigenvalue weighted by Crippen LogP contribution is 2.19. The van der Waals surface area contributed by atoms with Crippen LogP contribution in [-0.2, 0) is 6.54 Å². The molecule has 3 aromatic rings. The number of rotatable bonds is 4. The number of anilines is 1. The van der Waals surface area contributed by atoms with Gasteiger partial charge in [-0.2, -0.15) is 5.10 Å². The van der Waals surface area contributed by atoms with Gasteiger partial charge in [0.25, 0.3) is 0 Å². The fraction of sp³-hybridized carbons (Fsp3) is 0.0667. The van der Waals surface area contributed by atoms with Gasteiger partial charge in [-0.15, -0.1) is 0 Å². The van der Waals surface area contributed by atoms with Crippen molar-refractivity contribution in [3.8, 4) is 5.69 Å². The van der Waals surface area contributed by atoms with Crippen LogP contribution in [0.15, 0.2) is 65.7 Å². The van der Waals surface area contributed by atoms with Crippen LogP contribution in [0.25, 0.3) is 5.69 Å². The van der Waals surface area contributed by atoms with E-state index >= 15 is 0 Å². The number of nitrogens with zero attached hydrogens (tertiary/aromatic N) is 3. The molecule has 0 bridgehead atoms. The molecule has 0 fully saturated rings. The molecule has 0 aliphatic rings. The van der Waals surface area contributed by atoms with Gasteiger partial charge in [0.05, 0.1) is 11.4 Å². The van der Waals surface area contributed by atoms with Gasteiger partial charge >= 0.3 is 0 Å². The van der Waals surface area contributed by atoms with E-state index in [4.69, 9.17) is 0 Å². The van der Waals surface area contributed by atoms with Crippen molar-refractivity contribution in [2.45, 2.75) is 6.54 Å². The molecule has 0 radical (unpaired) electrons. The Kier molecular flexibility index (Phi) is 3.78. The van der Waals surface area contributed by atoms with Crippen molar-refractivity contribution in [1.82, 2.24) is 14.8 Å². The second kappa shape index (κ2) is 5.88. The van der Waals surface area contributed by atoms with Crippen molar-refractivity contribution >= 4 is 21.6 Å². The topological polar surface area (TPSA) is 42.7 Å². The first kappa shape index (κ1) is 12.9. The van der Waals surface area contributed by atoms with Gasteiger partial charge < -0.3 is 5.32 Å². The average molecular weight is 329 g/mol. The fourth-order valence-corrected chi connectivity index (χ4v) is 2.29. The second-order valence-electron chi connectivity index (χ2n) is 4.31. The van der Waals surface area contributed by atoms with E-state index in [1.807, 2.05) is 29.1 Å². The number of nitrogens with one attached hydrogen (secondary N) is 1. The van der Waals surface area contributed by atoms with Crippen LogP contribution < -0.4 is 5.32 Å². The molecule has 0 amide bonds. The predicted molar refractivity (Wildman–Crippen MR) is 82.8 cm³/mol. The van der Waals surface area contributed by atoms with Crippen LogP contribution in [0.5, 0.6) is 0 Å². The van der Waals surface area contributed by atoms with E-state index in [1.165, 1.54) is 5.56 Å². The van der Waals surface area contributed by atoms with Gasteiger partial charge in [-0.05, 0) is 51.8 Å². The largest absolute Gasteiger partial charge is 0.379 e. The molecule has 0 saturated carbocycles. The first-order chi connectivity index (χ1) is 9.83. The lowest BCUT2D eigenvalue weighted by molar-refractivity contribution is 0.879. The third-order valence-electron chi connectivity index (χ3n) is 2.95. The Morgan fingerprint density at radius 1 is 1.05 bits per heavy atom. The number of hydrogen-bond acceptors (Lipinski definition) is 3. The highest BCUT2D eigenvalue weighted by molar-refractivity contribution is 9.10. The van der Waals surface area contributed by atoms with E-state index in [2.05, 4.69) is 55.6 Å². The molecule has 1 aromatic carbocycles. The molecule has 0 saturated heterocycles. The van der Waals surface area contributed by atoms with E-state index < -0.39 is 0 Å². The lowest BCUT2D eigenvalue weighted by atomic mass is 10.2. The lowest BCUT2D eigenvalue weighted by Crippen LogP contribution is -2.01. The summed E-state index contributed by atoms with van der Waals surface area (Å²) in [4.78, 5) is 4.18. The Morgan fingerprint density at radius 2 is 1.90 bits per heavy atom. The van der Waals surface area contributed by atoms with E-state index in [-0.39, 0.29) is 0 Å². The smallest absolute Gasteiger partial charge is 0.129 e. The third-order valence-corrected chi connectivity index (χ3v) is 3.58. The van der Waals surface area contributed by atoms with Crippen molar-refractivity contribution in [2.24, 2.45) is 0 Å². The molecule has 0 aliphatic heterocycles. The fourth-order valence-electron chi connectivity index (χ4n) is 1.90. The molecule has 0 unspecified atom stereocenters. The molecule has 2 heterocycles. The molecule has 0 aliphatic carbocycles. The maximum absolute atomic E-state index is 4.21. The first-order valence-corrected chi connectivity index (χ1v) is 7.05. The first-order valence-electron chi connectivity index (χ1n) is 6.26. The number of hydrogen-bond donors (Lipinski definition) is 1. The number of pyridine rings is 1. The van der Waals surface area contributed by atoms with Gasteiger partial charge in [0, 0.05) is 25.1 Å². The van der Waals surface area contributed by atoms with Crippen LogP contribution in [0.1, 0.15) is 5.56 Å². The molecule has 0 atom stereocenters. The number of aromatic nitrogens is 3. The van der Waals surface area contributed by atoms with Gasteiger partial charge in [-0.25, -0.2) is 9.67 Å². The maximum atomic E-state index is 4.21. The maximum Gasteiger partial charge on any atom is 0.129 e. The molecule has 4 nitrogen and oxygen atoms in total. The summed E-state index contributed by atoms with van der Waals surface area (Å²) in [6.45, 7) is 0.754. The SMILES string of the molecule is Brc1ncccc1NCc1ccc(-n2cccn2)cc1. The van der Waals surface area contributed by atoms with Gasteiger partial charge in [-0.3, -0.25) is 0 Å². The minimum Gasteiger partial charge on any atom is -0.379 e. The highest BCUT2D eigenvalue weighted by Gasteiger charge is 2.00. The van der Waals surface area contributed by atoms with Crippen LogP contribution in [0.2, 0.25) is 0 Å². The zero-order chi connectivity index (χ0) is 13.8. The predicted octanol–water partition coefficient (Wildman–Crippen LogP) is 3.64. The lowest BCUT2D eigenvalue weighted by Gasteiger charge is -2.08. The molecule has 1 N–H and O–H groups in total. The average Bonchev–Trinajstić information content (AvgIpc) is 3.01. The summed E-state index contributed by atoms with van der Waals surface area (Å²) in [5.74, 6) is 0. The Bertz CT molecular complexity index is 677. The zero-order valence-electron chi connectivity index (χ0n) is 10.7. The second-order valence-corrected chi connectivity index (χ2v) is 5.06. The molecule has 5 heteroatoms. The molecule has 0 spiro atoms. The highest BCUT2D eigenvalue weighted by atomic mass is 79.9. The molecular weight excluding hydrogens is 316 g/mol. The number of benzene rings is 1. The van der Waals surface area contributed by atoms with E-state index in [1.54, 1.807) is 12.4 Å². The minimum absolute atomic E-state index is 0.754. The standard InChI is InChI=1S/C15H13BrN4/c16-15-14(3-1-8-17-15)18-11-12-4-6-13(7-5-12)20-10-2-9-19-20/h1-10,18H,11H2. The van der Waals surface area contributed by atoms with Crippen LogP contribution in [-0.4, -0.2) is 14.8 Å². The monoisotopic (exact) mass is 328 g/mol. The van der Waals surface area contributed by atoms with E-state index in [0.717, 1.165) is 22.5 Å². The summed E-state index contributed by atoms with van der Waals surface area (Å²) < 4.78 is 2.67. The van der Waals surface area contributed by atoms with Crippen LogP contribution in [0, 0.1) is 0 Å². The third kappa shape index (κ3) is 2.88. The molecule has 20 heavy (non-hydrogen) atoms. The van der Waals surface area contributed by atoms with Gasteiger partial charge in [0.15, 0.2) is 0 Å². The van der Waals surface area contributed by atoms with Crippen molar-refractivity contribution < 1.29 is 0 Å². The Hall–Kier alpha value is -2.14. The Labute approximate surface area is 125 Å². The normalized spacial score (nSPS) is 10.4. The molecule has 100 valence electrons. The molecule has 2 aromatic heterocycles. The Morgan fingerprint density at radius 3 is 2.60 bits per heavy atom.